The molecule has 3 N–H and O–H groups in total. The first kappa shape index (κ1) is 12.3. The van der Waals surface area contributed by atoms with Gasteiger partial charge in [0.05, 0.1) is 5.69 Å². The van der Waals surface area contributed by atoms with Gasteiger partial charge in [0.25, 0.3) is 0 Å². The zero-order valence-electron chi connectivity index (χ0n) is 7.94. The van der Waals surface area contributed by atoms with Crippen LogP contribution in [0.3, 0.4) is 0 Å². The molecule has 0 radical (unpaired) electrons. The van der Waals surface area contributed by atoms with E-state index in [0.29, 0.717) is 0 Å². The van der Waals surface area contributed by atoms with Gasteiger partial charge in [0.2, 0.25) is 5.91 Å². The largest absolute Gasteiger partial charge is 0.399 e. The number of carbonyl (C=O) groups excluding carboxylic acids is 1. The normalized spacial score (nSPS) is 11.2. The summed E-state index contributed by atoms with van der Waals surface area (Å²) in [6, 6.07) is 3.27. The second kappa shape index (κ2) is 4.38. The van der Waals surface area contributed by atoms with Gasteiger partial charge in [-0.05, 0) is 18.2 Å². The molecular formula is C9H8F4N2O. The summed E-state index contributed by atoms with van der Waals surface area (Å²) in [7, 11) is 0. The highest BCUT2D eigenvalue weighted by Gasteiger charge is 2.31. The fourth-order valence-corrected chi connectivity index (χ4v) is 1.01. The van der Waals surface area contributed by atoms with Crippen LogP contribution in [0, 0.1) is 5.82 Å². The predicted octanol–water partition coefficient (Wildman–Crippen LogP) is 2.30. The third-order valence-electron chi connectivity index (χ3n) is 1.63. The lowest BCUT2D eigenvalue weighted by Crippen LogP contribution is -2.21. The molecule has 0 saturated heterocycles. The van der Waals surface area contributed by atoms with Crippen molar-refractivity contribution in [2.24, 2.45) is 0 Å². The number of hydrogen-bond acceptors (Lipinski definition) is 2. The number of rotatable bonds is 2. The zero-order chi connectivity index (χ0) is 12.3. The minimum Gasteiger partial charge on any atom is -0.399 e. The first-order valence-corrected chi connectivity index (χ1v) is 4.19. The molecule has 0 aliphatic carbocycles. The van der Waals surface area contributed by atoms with Crippen LogP contribution in [0.5, 0.6) is 0 Å². The highest BCUT2D eigenvalue weighted by atomic mass is 19.4. The number of alkyl halides is 3. The molecule has 7 heteroatoms. The van der Waals surface area contributed by atoms with Gasteiger partial charge in [-0.1, -0.05) is 0 Å². The monoisotopic (exact) mass is 236 g/mol. The van der Waals surface area contributed by atoms with Crippen molar-refractivity contribution in [1.82, 2.24) is 0 Å². The van der Waals surface area contributed by atoms with Gasteiger partial charge in [0.1, 0.15) is 12.2 Å². The molecule has 0 spiro atoms. The first-order chi connectivity index (χ1) is 7.28. The van der Waals surface area contributed by atoms with E-state index in [1.54, 1.807) is 5.32 Å². The number of amides is 1. The molecule has 0 heterocycles. The summed E-state index contributed by atoms with van der Waals surface area (Å²) in [5.74, 6) is -2.20. The van der Waals surface area contributed by atoms with Crippen LogP contribution in [0.4, 0.5) is 28.9 Å². The highest BCUT2D eigenvalue weighted by molar-refractivity contribution is 5.91. The third-order valence-corrected chi connectivity index (χ3v) is 1.63. The van der Waals surface area contributed by atoms with Crippen molar-refractivity contribution in [1.29, 1.82) is 0 Å². The van der Waals surface area contributed by atoms with E-state index in [9.17, 15) is 22.4 Å². The average molecular weight is 236 g/mol. The van der Waals surface area contributed by atoms with Gasteiger partial charge in [-0.15, -0.1) is 0 Å². The Hall–Kier alpha value is -1.79. The van der Waals surface area contributed by atoms with Crippen LogP contribution < -0.4 is 11.1 Å². The molecule has 1 aromatic carbocycles. The maximum absolute atomic E-state index is 13.1. The van der Waals surface area contributed by atoms with Crippen molar-refractivity contribution >= 4 is 17.3 Å². The van der Waals surface area contributed by atoms with Crippen molar-refractivity contribution in [2.75, 3.05) is 11.1 Å². The van der Waals surface area contributed by atoms with Gasteiger partial charge in [-0.25, -0.2) is 4.39 Å². The van der Waals surface area contributed by atoms with Crippen LogP contribution in [0.25, 0.3) is 0 Å². The fraction of sp³-hybridized carbons (Fsp3) is 0.222. The van der Waals surface area contributed by atoms with Crippen molar-refractivity contribution in [3.05, 3.63) is 24.0 Å². The minimum absolute atomic E-state index is 0.117. The van der Waals surface area contributed by atoms with Gasteiger partial charge in [0, 0.05) is 5.69 Å². The molecule has 88 valence electrons. The van der Waals surface area contributed by atoms with Gasteiger partial charge < -0.3 is 11.1 Å². The Bertz CT molecular complexity index is 403. The lowest BCUT2D eigenvalue weighted by Gasteiger charge is -2.08. The summed E-state index contributed by atoms with van der Waals surface area (Å²) in [4.78, 5) is 10.8. The van der Waals surface area contributed by atoms with Gasteiger partial charge in [0.15, 0.2) is 0 Å². The number of anilines is 2. The summed E-state index contributed by atoms with van der Waals surface area (Å²) in [5.41, 5.74) is 5.01. The van der Waals surface area contributed by atoms with E-state index in [1.165, 1.54) is 6.07 Å². The molecule has 0 atom stereocenters. The molecule has 0 saturated carbocycles. The topological polar surface area (TPSA) is 55.1 Å². The van der Waals surface area contributed by atoms with E-state index in [4.69, 9.17) is 5.73 Å². The van der Waals surface area contributed by atoms with E-state index in [-0.39, 0.29) is 11.4 Å². The number of nitrogens with one attached hydrogen (secondary N) is 1. The van der Waals surface area contributed by atoms with Gasteiger partial charge in [-0.2, -0.15) is 13.2 Å². The fourth-order valence-electron chi connectivity index (χ4n) is 1.01. The van der Waals surface area contributed by atoms with Crippen molar-refractivity contribution in [2.45, 2.75) is 12.6 Å². The Labute approximate surface area is 88.2 Å². The molecule has 0 unspecified atom stereocenters. The molecule has 0 aromatic heterocycles. The molecule has 1 aromatic rings. The summed E-state index contributed by atoms with van der Waals surface area (Å²) < 4.78 is 48.5. The summed E-state index contributed by atoms with van der Waals surface area (Å²) in [6.45, 7) is 0. The second-order valence-electron chi connectivity index (χ2n) is 3.08. The maximum Gasteiger partial charge on any atom is 0.397 e. The minimum atomic E-state index is -4.62. The third kappa shape index (κ3) is 3.76. The summed E-state index contributed by atoms with van der Waals surface area (Å²) in [6.07, 6.45) is -6.27. The lowest BCUT2D eigenvalue weighted by atomic mass is 10.2. The number of halogens is 4. The molecule has 0 aliphatic heterocycles. The number of nitrogens with two attached hydrogens (primary N) is 1. The molecule has 1 rings (SSSR count). The van der Waals surface area contributed by atoms with Crippen molar-refractivity contribution in [3.63, 3.8) is 0 Å². The smallest absolute Gasteiger partial charge is 0.397 e. The van der Waals surface area contributed by atoms with Crippen molar-refractivity contribution < 1.29 is 22.4 Å². The molecule has 3 nitrogen and oxygen atoms in total. The van der Waals surface area contributed by atoms with E-state index >= 15 is 0 Å². The number of benzene rings is 1. The van der Waals surface area contributed by atoms with Crippen LogP contribution in [0.2, 0.25) is 0 Å². The Morgan fingerprint density at radius 3 is 2.50 bits per heavy atom. The molecular weight excluding hydrogens is 228 g/mol. The van der Waals surface area contributed by atoms with E-state index in [2.05, 4.69) is 0 Å². The highest BCUT2D eigenvalue weighted by Crippen LogP contribution is 2.22. The van der Waals surface area contributed by atoms with E-state index < -0.39 is 24.3 Å². The van der Waals surface area contributed by atoms with E-state index in [1.807, 2.05) is 0 Å². The van der Waals surface area contributed by atoms with Crippen LogP contribution in [0.15, 0.2) is 18.2 Å². The summed E-state index contributed by atoms with van der Waals surface area (Å²) >= 11 is 0. The Morgan fingerprint density at radius 2 is 2.00 bits per heavy atom. The Kier molecular flexibility index (Phi) is 3.36. The SMILES string of the molecule is Nc1ccc(NC(=O)CC(F)(F)F)c(F)c1. The Balaban J connectivity index is 2.70. The maximum atomic E-state index is 13.1. The number of nitrogen functional groups attached to an aromatic ring is 1. The first-order valence-electron chi connectivity index (χ1n) is 4.19. The van der Waals surface area contributed by atoms with Gasteiger partial charge >= 0.3 is 6.18 Å². The van der Waals surface area contributed by atoms with Crippen molar-refractivity contribution in [3.8, 4) is 0 Å². The van der Waals surface area contributed by atoms with Gasteiger partial charge in [-0.3, -0.25) is 4.79 Å². The van der Waals surface area contributed by atoms with Crippen LogP contribution in [0.1, 0.15) is 6.42 Å². The van der Waals surface area contributed by atoms with E-state index in [0.717, 1.165) is 12.1 Å². The second-order valence-corrected chi connectivity index (χ2v) is 3.08. The number of hydrogen-bond donors (Lipinski definition) is 2. The number of carbonyl (C=O) groups is 1. The molecule has 0 aliphatic rings. The zero-order valence-corrected chi connectivity index (χ0v) is 7.94. The molecule has 0 bridgehead atoms. The van der Waals surface area contributed by atoms with Crippen LogP contribution >= 0.6 is 0 Å². The lowest BCUT2D eigenvalue weighted by molar-refractivity contribution is -0.150. The average Bonchev–Trinajstić information content (AvgIpc) is 2.06. The quantitative estimate of drug-likeness (QED) is 0.611. The molecule has 16 heavy (non-hydrogen) atoms. The summed E-state index contributed by atoms with van der Waals surface area (Å²) in [5, 5.41) is 1.80. The molecule has 1 amide bonds. The van der Waals surface area contributed by atoms with Crippen LogP contribution in [-0.4, -0.2) is 12.1 Å². The standard InChI is InChI=1S/C9H8F4N2O/c10-6-3-5(14)1-2-7(6)15-8(16)4-9(11,12)13/h1-3H,4,14H2,(H,15,16). The van der Waals surface area contributed by atoms with Crippen LogP contribution in [-0.2, 0) is 4.79 Å². The predicted molar refractivity (Wildman–Crippen MR) is 50.1 cm³/mol. The molecule has 0 fully saturated rings. The Morgan fingerprint density at radius 1 is 1.38 bits per heavy atom.